The molecule has 1 N–H and O–H groups in total. The molecule has 1 aliphatic rings. The van der Waals surface area contributed by atoms with E-state index in [0.717, 1.165) is 24.8 Å². The summed E-state index contributed by atoms with van der Waals surface area (Å²) in [5.41, 5.74) is 1.45. The van der Waals surface area contributed by atoms with Crippen molar-refractivity contribution >= 4 is 11.6 Å². The normalized spacial score (nSPS) is 28.5. The fourth-order valence-corrected chi connectivity index (χ4v) is 3.14. The SMILES string of the molecule is CC1CCC(CCl)(NCCc2ccnn2C)CC1. The van der Waals surface area contributed by atoms with Crippen LogP contribution >= 0.6 is 11.6 Å². The predicted molar refractivity (Wildman–Crippen MR) is 76.0 cm³/mol. The highest BCUT2D eigenvalue weighted by molar-refractivity contribution is 6.18. The molecule has 102 valence electrons. The molecule has 0 aromatic carbocycles. The van der Waals surface area contributed by atoms with Gasteiger partial charge in [-0.05, 0) is 37.7 Å². The molecule has 0 radical (unpaired) electrons. The minimum Gasteiger partial charge on any atom is -0.310 e. The summed E-state index contributed by atoms with van der Waals surface area (Å²) in [6.07, 6.45) is 7.89. The van der Waals surface area contributed by atoms with Crippen molar-refractivity contribution in [1.29, 1.82) is 0 Å². The minimum absolute atomic E-state index is 0.173. The van der Waals surface area contributed by atoms with Crippen molar-refractivity contribution in [2.75, 3.05) is 12.4 Å². The summed E-state index contributed by atoms with van der Waals surface area (Å²) in [5, 5.41) is 7.89. The predicted octanol–water partition coefficient (Wildman–Crippen LogP) is 2.74. The van der Waals surface area contributed by atoms with Gasteiger partial charge in [-0.1, -0.05) is 6.92 Å². The van der Waals surface area contributed by atoms with Gasteiger partial charge < -0.3 is 5.32 Å². The van der Waals surface area contributed by atoms with E-state index < -0.39 is 0 Å². The quantitative estimate of drug-likeness (QED) is 0.833. The van der Waals surface area contributed by atoms with Gasteiger partial charge in [-0.25, -0.2) is 0 Å². The van der Waals surface area contributed by atoms with E-state index in [1.54, 1.807) is 0 Å². The second-order valence-electron chi connectivity index (χ2n) is 5.72. The maximum absolute atomic E-state index is 6.20. The van der Waals surface area contributed by atoms with Crippen LogP contribution in [0.15, 0.2) is 12.3 Å². The van der Waals surface area contributed by atoms with E-state index in [1.807, 2.05) is 17.9 Å². The molecule has 1 aromatic heterocycles. The molecular weight excluding hydrogens is 246 g/mol. The largest absolute Gasteiger partial charge is 0.310 e. The average molecular weight is 270 g/mol. The average Bonchev–Trinajstić information content (AvgIpc) is 2.78. The van der Waals surface area contributed by atoms with E-state index in [4.69, 9.17) is 11.6 Å². The molecule has 3 nitrogen and oxygen atoms in total. The number of halogens is 1. The summed E-state index contributed by atoms with van der Waals surface area (Å²) in [6, 6.07) is 2.08. The van der Waals surface area contributed by atoms with Crippen LogP contribution in [0.5, 0.6) is 0 Å². The van der Waals surface area contributed by atoms with Crippen LogP contribution in [0, 0.1) is 5.92 Å². The number of aryl methyl sites for hydroxylation is 1. The Balaban J connectivity index is 1.82. The zero-order valence-corrected chi connectivity index (χ0v) is 12.2. The van der Waals surface area contributed by atoms with Gasteiger partial charge in [-0.15, -0.1) is 11.6 Å². The van der Waals surface area contributed by atoms with Crippen molar-refractivity contribution in [2.24, 2.45) is 13.0 Å². The van der Waals surface area contributed by atoms with Crippen molar-refractivity contribution in [3.8, 4) is 0 Å². The first kappa shape index (κ1) is 13.9. The molecule has 1 fully saturated rings. The van der Waals surface area contributed by atoms with Gasteiger partial charge in [0.05, 0.1) is 0 Å². The molecule has 0 unspecified atom stereocenters. The molecule has 0 saturated heterocycles. The van der Waals surface area contributed by atoms with Gasteiger partial charge in [-0.2, -0.15) is 5.10 Å². The summed E-state index contributed by atoms with van der Waals surface area (Å²) in [5.74, 6) is 1.59. The number of hydrogen-bond acceptors (Lipinski definition) is 2. The lowest BCUT2D eigenvalue weighted by Crippen LogP contribution is -2.50. The van der Waals surface area contributed by atoms with Crippen LogP contribution in [-0.4, -0.2) is 27.7 Å². The Morgan fingerprint density at radius 1 is 1.50 bits per heavy atom. The van der Waals surface area contributed by atoms with E-state index in [9.17, 15) is 0 Å². The highest BCUT2D eigenvalue weighted by Gasteiger charge is 2.32. The first-order valence-electron chi connectivity index (χ1n) is 6.93. The molecule has 1 heterocycles. The fourth-order valence-electron chi connectivity index (χ4n) is 2.77. The van der Waals surface area contributed by atoms with E-state index in [1.165, 1.54) is 31.4 Å². The van der Waals surface area contributed by atoms with E-state index in [2.05, 4.69) is 23.4 Å². The Hall–Kier alpha value is -0.540. The van der Waals surface area contributed by atoms with Crippen LogP contribution in [0.25, 0.3) is 0 Å². The topological polar surface area (TPSA) is 29.9 Å². The van der Waals surface area contributed by atoms with Crippen LogP contribution in [0.1, 0.15) is 38.3 Å². The lowest BCUT2D eigenvalue weighted by atomic mass is 9.78. The molecule has 0 aliphatic heterocycles. The molecule has 2 rings (SSSR count). The molecule has 0 spiro atoms. The van der Waals surface area contributed by atoms with Crippen molar-refractivity contribution in [3.05, 3.63) is 18.0 Å². The summed E-state index contributed by atoms with van der Waals surface area (Å²) in [6.45, 7) is 3.33. The van der Waals surface area contributed by atoms with Crippen LogP contribution in [0.2, 0.25) is 0 Å². The second-order valence-corrected chi connectivity index (χ2v) is 5.99. The van der Waals surface area contributed by atoms with E-state index in [0.29, 0.717) is 0 Å². The van der Waals surface area contributed by atoms with Gasteiger partial charge >= 0.3 is 0 Å². The standard InChI is InChI=1S/C14H24ClN3/c1-12-3-7-14(11-15,8-4-12)16-9-5-13-6-10-17-18(13)2/h6,10,12,16H,3-5,7-9,11H2,1-2H3. The summed E-state index contributed by atoms with van der Waals surface area (Å²) in [7, 11) is 1.99. The number of alkyl halides is 1. The molecule has 18 heavy (non-hydrogen) atoms. The summed E-state index contributed by atoms with van der Waals surface area (Å²) in [4.78, 5) is 0. The van der Waals surface area contributed by atoms with Gasteiger partial charge in [0, 0.05) is 43.3 Å². The van der Waals surface area contributed by atoms with Crippen molar-refractivity contribution in [2.45, 2.75) is 44.6 Å². The van der Waals surface area contributed by atoms with Crippen LogP contribution in [0.3, 0.4) is 0 Å². The number of rotatable bonds is 5. The van der Waals surface area contributed by atoms with Gasteiger partial charge in [0.15, 0.2) is 0 Å². The number of hydrogen-bond donors (Lipinski definition) is 1. The maximum atomic E-state index is 6.20. The van der Waals surface area contributed by atoms with Crippen LogP contribution in [0.4, 0.5) is 0 Å². The van der Waals surface area contributed by atoms with Crippen LogP contribution < -0.4 is 5.32 Å². The zero-order valence-electron chi connectivity index (χ0n) is 11.5. The number of nitrogens with zero attached hydrogens (tertiary/aromatic N) is 2. The highest BCUT2D eigenvalue weighted by atomic mass is 35.5. The number of nitrogens with one attached hydrogen (secondary N) is 1. The second kappa shape index (κ2) is 6.07. The van der Waals surface area contributed by atoms with E-state index >= 15 is 0 Å². The smallest absolute Gasteiger partial charge is 0.0492 e. The van der Waals surface area contributed by atoms with Gasteiger partial charge in [0.2, 0.25) is 0 Å². The molecule has 1 aromatic rings. The lowest BCUT2D eigenvalue weighted by Gasteiger charge is -2.39. The molecule has 0 amide bonds. The highest BCUT2D eigenvalue weighted by Crippen LogP contribution is 2.32. The van der Waals surface area contributed by atoms with Crippen molar-refractivity contribution in [3.63, 3.8) is 0 Å². The Morgan fingerprint density at radius 3 is 2.78 bits per heavy atom. The van der Waals surface area contributed by atoms with Gasteiger partial charge in [0.1, 0.15) is 0 Å². The maximum Gasteiger partial charge on any atom is 0.0492 e. The molecule has 0 bridgehead atoms. The summed E-state index contributed by atoms with van der Waals surface area (Å²) < 4.78 is 1.94. The van der Waals surface area contributed by atoms with Gasteiger partial charge in [0.25, 0.3) is 0 Å². The lowest BCUT2D eigenvalue weighted by molar-refractivity contribution is 0.218. The van der Waals surface area contributed by atoms with E-state index in [-0.39, 0.29) is 5.54 Å². The third kappa shape index (κ3) is 3.27. The molecule has 0 atom stereocenters. The molecule has 1 saturated carbocycles. The first-order valence-corrected chi connectivity index (χ1v) is 7.46. The Labute approximate surface area is 115 Å². The third-order valence-corrected chi connectivity index (χ3v) is 4.80. The molecular formula is C14H24ClN3. The Bertz CT molecular complexity index is 367. The van der Waals surface area contributed by atoms with Crippen molar-refractivity contribution in [1.82, 2.24) is 15.1 Å². The molecule has 4 heteroatoms. The fraction of sp³-hybridized carbons (Fsp3) is 0.786. The monoisotopic (exact) mass is 269 g/mol. The minimum atomic E-state index is 0.173. The van der Waals surface area contributed by atoms with Crippen LogP contribution in [-0.2, 0) is 13.5 Å². The molecule has 1 aliphatic carbocycles. The Kier molecular flexibility index (Phi) is 4.68. The summed E-state index contributed by atoms with van der Waals surface area (Å²) >= 11 is 6.20. The Morgan fingerprint density at radius 2 is 2.22 bits per heavy atom. The van der Waals surface area contributed by atoms with Gasteiger partial charge in [-0.3, -0.25) is 4.68 Å². The van der Waals surface area contributed by atoms with Crippen molar-refractivity contribution < 1.29 is 0 Å². The third-order valence-electron chi connectivity index (χ3n) is 4.29. The first-order chi connectivity index (χ1) is 8.65. The zero-order chi connectivity index (χ0) is 13.0. The number of aromatic nitrogens is 2.